The van der Waals surface area contributed by atoms with Crippen molar-refractivity contribution in [1.82, 2.24) is 14.8 Å². The Labute approximate surface area is 145 Å². The molecule has 8 heteroatoms. The number of anilines is 1. The highest BCUT2D eigenvalue weighted by atomic mass is 32.1. The number of rotatable bonds is 3. The molecular formula is C16H24N4O3S. The molecule has 0 bridgehead atoms. The second kappa shape index (κ2) is 6.96. The number of nitrogens with two attached hydrogens (primary N) is 1. The van der Waals surface area contributed by atoms with Crippen molar-refractivity contribution in [2.75, 3.05) is 25.9 Å². The van der Waals surface area contributed by atoms with Gasteiger partial charge < -0.3 is 20.3 Å². The molecule has 3 rings (SSSR count). The molecule has 2 amide bonds. The molecule has 2 N–H and O–H groups in total. The molecule has 1 aromatic rings. The van der Waals surface area contributed by atoms with E-state index in [9.17, 15) is 9.59 Å². The summed E-state index contributed by atoms with van der Waals surface area (Å²) in [6, 6.07) is 0.184. The lowest BCUT2D eigenvalue weighted by molar-refractivity contribution is -0.132. The maximum atomic E-state index is 12.2. The van der Waals surface area contributed by atoms with Crippen molar-refractivity contribution in [2.45, 2.75) is 51.1 Å². The van der Waals surface area contributed by atoms with Crippen molar-refractivity contribution in [2.24, 2.45) is 0 Å². The molecule has 132 valence electrons. The number of likely N-dealkylation sites (tertiary alicyclic amines) is 1. The topological polar surface area (TPSA) is 88.8 Å². The van der Waals surface area contributed by atoms with E-state index < -0.39 is 0 Å². The lowest BCUT2D eigenvalue weighted by Gasteiger charge is -2.36. The molecule has 0 spiro atoms. The molecule has 2 atom stereocenters. The van der Waals surface area contributed by atoms with Gasteiger partial charge in [0.25, 0.3) is 0 Å². The number of hydrogen-bond donors (Lipinski definition) is 1. The summed E-state index contributed by atoms with van der Waals surface area (Å²) in [5.41, 5.74) is 6.89. The molecule has 1 aliphatic carbocycles. The Bertz CT molecular complexity index is 633. The molecular weight excluding hydrogens is 328 g/mol. The van der Waals surface area contributed by atoms with E-state index in [1.165, 1.54) is 23.3 Å². The highest BCUT2D eigenvalue weighted by Crippen LogP contribution is 2.31. The van der Waals surface area contributed by atoms with Crippen LogP contribution in [0.25, 0.3) is 0 Å². The molecule has 1 saturated heterocycles. The zero-order chi connectivity index (χ0) is 17.3. The minimum atomic E-state index is -0.304. The Hall–Kier alpha value is -1.83. The molecule has 0 radical (unpaired) electrons. The van der Waals surface area contributed by atoms with Crippen molar-refractivity contribution < 1.29 is 14.3 Å². The van der Waals surface area contributed by atoms with Gasteiger partial charge in [-0.3, -0.25) is 4.79 Å². The average molecular weight is 352 g/mol. The zero-order valence-electron chi connectivity index (χ0n) is 14.2. The highest BCUT2D eigenvalue weighted by molar-refractivity contribution is 7.15. The number of carbonyl (C=O) groups is 2. The third-order valence-corrected chi connectivity index (χ3v) is 5.92. The maximum Gasteiger partial charge on any atom is 0.409 e. The Balaban J connectivity index is 1.71. The van der Waals surface area contributed by atoms with E-state index in [1.807, 2.05) is 4.90 Å². The first-order valence-corrected chi connectivity index (χ1v) is 9.17. The van der Waals surface area contributed by atoms with Crippen LogP contribution in [0.4, 0.5) is 9.93 Å². The van der Waals surface area contributed by atoms with Gasteiger partial charge in [-0.25, -0.2) is 9.78 Å². The standard InChI is InChI=1S/C16H24N4O3S/c1-10(21)20(9-12-4-3-7-19(12)16(22)23-2)11-5-6-13-14(8-11)24-15(17)18-13/h11-12H,3-9H2,1-2H3,(H2,17,18). The number of carbonyl (C=O) groups excluding carboxylic acids is 2. The first kappa shape index (κ1) is 17.0. The van der Waals surface area contributed by atoms with Gasteiger partial charge in [0.2, 0.25) is 5.91 Å². The molecule has 2 unspecified atom stereocenters. The number of aryl methyl sites for hydroxylation is 1. The normalized spacial score (nSPS) is 23.0. The van der Waals surface area contributed by atoms with Crippen LogP contribution in [-0.4, -0.2) is 59.1 Å². The SMILES string of the molecule is COC(=O)N1CCCC1CN(C(C)=O)C1CCc2nc(N)sc2C1. The van der Waals surface area contributed by atoms with Crippen LogP contribution < -0.4 is 5.73 Å². The molecule has 0 saturated carbocycles. The maximum absolute atomic E-state index is 12.2. The van der Waals surface area contributed by atoms with E-state index in [4.69, 9.17) is 10.5 Å². The van der Waals surface area contributed by atoms with Crippen molar-refractivity contribution in [3.05, 3.63) is 10.6 Å². The minimum absolute atomic E-state index is 0.0364. The monoisotopic (exact) mass is 352 g/mol. The van der Waals surface area contributed by atoms with Crippen LogP contribution in [-0.2, 0) is 22.4 Å². The van der Waals surface area contributed by atoms with Crippen LogP contribution in [0, 0.1) is 0 Å². The van der Waals surface area contributed by atoms with E-state index in [0.717, 1.165) is 37.8 Å². The van der Waals surface area contributed by atoms with Crippen molar-refractivity contribution >= 4 is 28.5 Å². The van der Waals surface area contributed by atoms with E-state index in [-0.39, 0.29) is 24.1 Å². The Morgan fingerprint density at radius 2 is 2.25 bits per heavy atom. The fourth-order valence-corrected chi connectivity index (χ4v) is 4.74. The van der Waals surface area contributed by atoms with Crippen molar-refractivity contribution in [3.63, 3.8) is 0 Å². The summed E-state index contributed by atoms with van der Waals surface area (Å²) in [6.07, 6.45) is 4.09. The van der Waals surface area contributed by atoms with Gasteiger partial charge in [-0.1, -0.05) is 0 Å². The number of aromatic nitrogens is 1. The van der Waals surface area contributed by atoms with Crippen LogP contribution in [0.3, 0.4) is 0 Å². The van der Waals surface area contributed by atoms with Gasteiger partial charge in [0, 0.05) is 37.4 Å². The quantitative estimate of drug-likeness (QED) is 0.894. The van der Waals surface area contributed by atoms with Gasteiger partial charge in [0.15, 0.2) is 5.13 Å². The molecule has 1 aromatic heterocycles. The lowest BCUT2D eigenvalue weighted by atomic mass is 9.95. The summed E-state index contributed by atoms with van der Waals surface area (Å²) in [4.78, 5) is 33.4. The number of fused-ring (bicyclic) bond motifs is 1. The number of methoxy groups -OCH3 is 1. The van der Waals surface area contributed by atoms with Gasteiger partial charge in [-0.2, -0.15) is 0 Å². The summed E-state index contributed by atoms with van der Waals surface area (Å²) < 4.78 is 4.86. The molecule has 7 nitrogen and oxygen atoms in total. The largest absolute Gasteiger partial charge is 0.453 e. The number of hydrogen-bond acceptors (Lipinski definition) is 6. The fourth-order valence-electron chi connectivity index (χ4n) is 3.79. The first-order chi connectivity index (χ1) is 11.5. The highest BCUT2D eigenvalue weighted by Gasteiger charge is 2.35. The van der Waals surface area contributed by atoms with Gasteiger partial charge in [0.05, 0.1) is 18.8 Å². The Morgan fingerprint density at radius 3 is 2.96 bits per heavy atom. The summed E-state index contributed by atoms with van der Waals surface area (Å²) in [7, 11) is 1.40. The van der Waals surface area contributed by atoms with E-state index in [0.29, 0.717) is 18.2 Å². The van der Waals surface area contributed by atoms with E-state index in [1.54, 1.807) is 11.8 Å². The molecule has 1 fully saturated rings. The van der Waals surface area contributed by atoms with Crippen LogP contribution in [0.2, 0.25) is 0 Å². The van der Waals surface area contributed by atoms with Crippen LogP contribution in [0.1, 0.15) is 36.8 Å². The van der Waals surface area contributed by atoms with Crippen LogP contribution in [0.15, 0.2) is 0 Å². The molecule has 2 aliphatic rings. The van der Waals surface area contributed by atoms with Crippen LogP contribution >= 0.6 is 11.3 Å². The summed E-state index contributed by atoms with van der Waals surface area (Å²) >= 11 is 1.52. The molecule has 0 aromatic carbocycles. The van der Waals surface area contributed by atoms with Gasteiger partial charge >= 0.3 is 6.09 Å². The van der Waals surface area contributed by atoms with Crippen LogP contribution in [0.5, 0.6) is 0 Å². The number of nitrogen functional groups attached to an aromatic ring is 1. The number of amides is 2. The molecule has 24 heavy (non-hydrogen) atoms. The third kappa shape index (κ3) is 3.33. The summed E-state index contributed by atoms with van der Waals surface area (Å²) in [5, 5.41) is 0.600. The lowest BCUT2D eigenvalue weighted by Crippen LogP contribution is -2.49. The zero-order valence-corrected chi connectivity index (χ0v) is 15.0. The number of ether oxygens (including phenoxy) is 1. The minimum Gasteiger partial charge on any atom is -0.453 e. The second-order valence-corrected chi connectivity index (χ2v) is 7.56. The Kier molecular flexibility index (Phi) is 4.93. The summed E-state index contributed by atoms with van der Waals surface area (Å²) in [5.74, 6) is 0.0534. The average Bonchev–Trinajstić information content (AvgIpc) is 3.15. The summed E-state index contributed by atoms with van der Waals surface area (Å²) in [6.45, 7) is 2.87. The predicted molar refractivity (Wildman–Crippen MR) is 91.9 cm³/mol. The van der Waals surface area contributed by atoms with Gasteiger partial charge in [-0.15, -0.1) is 11.3 Å². The molecule has 1 aliphatic heterocycles. The van der Waals surface area contributed by atoms with E-state index in [2.05, 4.69) is 4.98 Å². The first-order valence-electron chi connectivity index (χ1n) is 8.35. The fraction of sp³-hybridized carbons (Fsp3) is 0.688. The second-order valence-electron chi connectivity index (χ2n) is 6.45. The Morgan fingerprint density at radius 1 is 1.46 bits per heavy atom. The van der Waals surface area contributed by atoms with E-state index >= 15 is 0 Å². The predicted octanol–water partition coefficient (Wildman–Crippen LogP) is 1.66. The van der Waals surface area contributed by atoms with Crippen molar-refractivity contribution in [1.29, 1.82) is 0 Å². The number of nitrogens with zero attached hydrogens (tertiary/aromatic N) is 3. The van der Waals surface area contributed by atoms with Gasteiger partial charge in [0.1, 0.15) is 0 Å². The number of thiazole rings is 1. The molecule has 2 heterocycles. The smallest absolute Gasteiger partial charge is 0.409 e. The third-order valence-electron chi connectivity index (χ3n) is 4.97. The van der Waals surface area contributed by atoms with Crippen molar-refractivity contribution in [3.8, 4) is 0 Å². The van der Waals surface area contributed by atoms with Gasteiger partial charge in [-0.05, 0) is 25.7 Å².